The highest BCUT2D eigenvalue weighted by molar-refractivity contribution is 5.89. The first kappa shape index (κ1) is 18.8. The Balaban J connectivity index is 1.53. The SMILES string of the molecule is O=C(Nc1ccc(OC(F)F)cc1)N1CCCO[C@H](CN2CCCC2)C1. The second kappa shape index (κ2) is 9.14. The number of carbonyl (C=O) groups is 1. The highest BCUT2D eigenvalue weighted by atomic mass is 19.3. The van der Waals surface area contributed by atoms with Crippen molar-refractivity contribution in [3.63, 3.8) is 0 Å². The van der Waals surface area contributed by atoms with Crippen molar-refractivity contribution in [2.45, 2.75) is 32.0 Å². The molecule has 144 valence electrons. The average molecular weight is 369 g/mol. The number of ether oxygens (including phenoxy) is 2. The zero-order valence-electron chi connectivity index (χ0n) is 14.7. The lowest BCUT2D eigenvalue weighted by Crippen LogP contribution is -2.43. The van der Waals surface area contributed by atoms with Gasteiger partial charge in [0.25, 0.3) is 0 Å². The van der Waals surface area contributed by atoms with Crippen LogP contribution in [-0.4, -0.2) is 67.9 Å². The van der Waals surface area contributed by atoms with Crippen LogP contribution in [0.25, 0.3) is 0 Å². The van der Waals surface area contributed by atoms with Crippen LogP contribution in [0.5, 0.6) is 5.75 Å². The van der Waals surface area contributed by atoms with Gasteiger partial charge in [0, 0.05) is 31.9 Å². The number of carbonyl (C=O) groups excluding carboxylic acids is 1. The quantitative estimate of drug-likeness (QED) is 0.867. The fourth-order valence-corrected chi connectivity index (χ4v) is 3.37. The summed E-state index contributed by atoms with van der Waals surface area (Å²) >= 11 is 0. The lowest BCUT2D eigenvalue weighted by Gasteiger charge is -2.27. The van der Waals surface area contributed by atoms with Crippen molar-refractivity contribution in [1.82, 2.24) is 9.80 Å². The fourth-order valence-electron chi connectivity index (χ4n) is 3.37. The molecule has 0 spiro atoms. The molecular formula is C18H25F2N3O3. The monoisotopic (exact) mass is 369 g/mol. The molecule has 6 nitrogen and oxygen atoms in total. The summed E-state index contributed by atoms with van der Waals surface area (Å²) in [5.41, 5.74) is 0.540. The lowest BCUT2D eigenvalue weighted by atomic mass is 10.3. The van der Waals surface area contributed by atoms with E-state index in [4.69, 9.17) is 4.74 Å². The van der Waals surface area contributed by atoms with Gasteiger partial charge < -0.3 is 24.6 Å². The summed E-state index contributed by atoms with van der Waals surface area (Å²) in [7, 11) is 0. The van der Waals surface area contributed by atoms with Gasteiger partial charge in [0.2, 0.25) is 0 Å². The molecule has 2 heterocycles. The van der Waals surface area contributed by atoms with Gasteiger partial charge >= 0.3 is 12.6 Å². The molecule has 2 saturated heterocycles. The van der Waals surface area contributed by atoms with Crippen molar-refractivity contribution in [1.29, 1.82) is 0 Å². The maximum absolute atomic E-state index is 12.6. The van der Waals surface area contributed by atoms with Gasteiger partial charge in [-0.3, -0.25) is 0 Å². The molecule has 2 aliphatic rings. The molecule has 1 aromatic carbocycles. The first-order valence-electron chi connectivity index (χ1n) is 9.05. The third-order valence-electron chi connectivity index (χ3n) is 4.63. The number of rotatable bonds is 5. The fraction of sp³-hybridized carbons (Fsp3) is 0.611. The van der Waals surface area contributed by atoms with Crippen molar-refractivity contribution in [2.24, 2.45) is 0 Å². The van der Waals surface area contributed by atoms with E-state index in [1.807, 2.05) is 0 Å². The van der Waals surface area contributed by atoms with E-state index in [1.54, 1.807) is 17.0 Å². The number of amides is 2. The summed E-state index contributed by atoms with van der Waals surface area (Å²) in [6, 6.07) is 5.70. The predicted molar refractivity (Wildman–Crippen MR) is 93.7 cm³/mol. The van der Waals surface area contributed by atoms with Gasteiger partial charge in [-0.15, -0.1) is 0 Å². The molecule has 2 amide bonds. The van der Waals surface area contributed by atoms with Crippen LogP contribution in [0, 0.1) is 0 Å². The smallest absolute Gasteiger partial charge is 0.387 e. The van der Waals surface area contributed by atoms with Crippen molar-refractivity contribution in [3.05, 3.63) is 24.3 Å². The molecule has 0 bridgehead atoms. The molecule has 1 N–H and O–H groups in total. The van der Waals surface area contributed by atoms with Gasteiger partial charge in [0.1, 0.15) is 5.75 Å². The molecule has 1 atom stereocenters. The predicted octanol–water partition coefficient (Wildman–Crippen LogP) is 3.01. The van der Waals surface area contributed by atoms with E-state index >= 15 is 0 Å². The largest absolute Gasteiger partial charge is 0.435 e. The van der Waals surface area contributed by atoms with Crippen LogP contribution in [0.1, 0.15) is 19.3 Å². The summed E-state index contributed by atoms with van der Waals surface area (Å²) in [5.74, 6) is 0.0619. The average Bonchev–Trinajstić information content (AvgIpc) is 3.00. The minimum atomic E-state index is -2.86. The van der Waals surface area contributed by atoms with Crippen LogP contribution >= 0.6 is 0 Å². The zero-order valence-corrected chi connectivity index (χ0v) is 14.7. The van der Waals surface area contributed by atoms with Gasteiger partial charge in [-0.05, 0) is 56.6 Å². The lowest BCUT2D eigenvalue weighted by molar-refractivity contribution is -0.0498. The first-order chi connectivity index (χ1) is 12.6. The Morgan fingerprint density at radius 3 is 2.62 bits per heavy atom. The standard InChI is InChI=1S/C18H25F2N3O3/c19-17(20)26-15-6-4-14(5-7-15)21-18(24)23-10-3-11-25-16(13-23)12-22-8-1-2-9-22/h4-7,16-17H,1-3,8-13H2,(H,21,24)/t16-/m1/s1. The number of urea groups is 1. The number of halogens is 2. The topological polar surface area (TPSA) is 54.0 Å². The Bertz CT molecular complexity index is 580. The Morgan fingerprint density at radius 1 is 1.19 bits per heavy atom. The number of nitrogens with zero attached hydrogens (tertiary/aromatic N) is 2. The third kappa shape index (κ3) is 5.54. The molecule has 0 aliphatic carbocycles. The number of nitrogens with one attached hydrogen (secondary N) is 1. The number of benzene rings is 1. The van der Waals surface area contributed by atoms with Gasteiger partial charge in [0.15, 0.2) is 0 Å². The molecular weight excluding hydrogens is 344 g/mol. The number of anilines is 1. The van der Waals surface area contributed by atoms with Gasteiger partial charge in [-0.1, -0.05) is 0 Å². The van der Waals surface area contributed by atoms with Crippen molar-refractivity contribution < 1.29 is 23.0 Å². The molecule has 0 unspecified atom stereocenters. The molecule has 0 saturated carbocycles. The Morgan fingerprint density at radius 2 is 1.92 bits per heavy atom. The van der Waals surface area contributed by atoms with E-state index < -0.39 is 6.61 Å². The van der Waals surface area contributed by atoms with E-state index in [2.05, 4.69) is 15.0 Å². The zero-order chi connectivity index (χ0) is 18.4. The van der Waals surface area contributed by atoms with E-state index in [9.17, 15) is 13.6 Å². The summed E-state index contributed by atoms with van der Waals surface area (Å²) in [6.07, 6.45) is 3.26. The van der Waals surface area contributed by atoms with E-state index in [1.165, 1.54) is 25.0 Å². The minimum Gasteiger partial charge on any atom is -0.435 e. The minimum absolute atomic E-state index is 0.0168. The summed E-state index contributed by atoms with van der Waals surface area (Å²) in [5, 5.41) is 2.81. The molecule has 2 aliphatic heterocycles. The number of hydrogen-bond acceptors (Lipinski definition) is 4. The maximum Gasteiger partial charge on any atom is 0.387 e. The molecule has 2 fully saturated rings. The Kier molecular flexibility index (Phi) is 6.62. The van der Waals surface area contributed by atoms with Crippen LogP contribution in [0.2, 0.25) is 0 Å². The molecule has 0 aromatic heterocycles. The van der Waals surface area contributed by atoms with Crippen LogP contribution in [0.3, 0.4) is 0 Å². The van der Waals surface area contributed by atoms with Crippen LogP contribution in [0.4, 0.5) is 19.3 Å². The summed E-state index contributed by atoms with van der Waals surface area (Å²) in [4.78, 5) is 16.7. The van der Waals surface area contributed by atoms with Crippen LogP contribution in [-0.2, 0) is 4.74 Å². The summed E-state index contributed by atoms with van der Waals surface area (Å²) < 4.78 is 34.6. The highest BCUT2D eigenvalue weighted by Crippen LogP contribution is 2.19. The first-order valence-corrected chi connectivity index (χ1v) is 9.05. The molecule has 0 radical (unpaired) electrons. The summed E-state index contributed by atoms with van der Waals surface area (Å²) in [6.45, 7) is 2.02. The number of hydrogen-bond donors (Lipinski definition) is 1. The third-order valence-corrected chi connectivity index (χ3v) is 4.63. The van der Waals surface area contributed by atoms with Crippen LogP contribution < -0.4 is 10.1 Å². The maximum atomic E-state index is 12.6. The molecule has 8 heteroatoms. The Labute approximate surface area is 152 Å². The molecule has 26 heavy (non-hydrogen) atoms. The second-order valence-corrected chi connectivity index (χ2v) is 6.63. The van der Waals surface area contributed by atoms with Gasteiger partial charge in [0.05, 0.1) is 6.10 Å². The molecule has 3 rings (SSSR count). The van der Waals surface area contributed by atoms with E-state index in [-0.39, 0.29) is 17.9 Å². The van der Waals surface area contributed by atoms with E-state index in [0.29, 0.717) is 25.4 Å². The van der Waals surface area contributed by atoms with E-state index in [0.717, 1.165) is 26.1 Å². The van der Waals surface area contributed by atoms with Crippen LogP contribution in [0.15, 0.2) is 24.3 Å². The highest BCUT2D eigenvalue weighted by Gasteiger charge is 2.25. The van der Waals surface area contributed by atoms with Crippen molar-refractivity contribution in [3.8, 4) is 5.75 Å². The number of alkyl halides is 2. The second-order valence-electron chi connectivity index (χ2n) is 6.63. The van der Waals surface area contributed by atoms with Crippen molar-refractivity contribution >= 4 is 11.7 Å². The Hall–Kier alpha value is -1.93. The van der Waals surface area contributed by atoms with Gasteiger partial charge in [-0.25, -0.2) is 4.79 Å². The molecule has 1 aromatic rings. The number of likely N-dealkylation sites (tertiary alicyclic amines) is 1. The normalized spacial score (nSPS) is 21.7. The van der Waals surface area contributed by atoms with Crippen molar-refractivity contribution in [2.75, 3.05) is 44.6 Å². The van der Waals surface area contributed by atoms with Gasteiger partial charge in [-0.2, -0.15) is 8.78 Å².